The van der Waals surface area contributed by atoms with Gasteiger partial charge in [-0.15, -0.1) is 0 Å². The molecular weight excluding hydrogens is 737 g/mol. The quantitative estimate of drug-likeness (QED) is 0.153. The van der Waals surface area contributed by atoms with Crippen LogP contribution in [-0.4, -0.2) is 4.57 Å². The van der Waals surface area contributed by atoms with Crippen LogP contribution in [-0.2, 0) is 0 Å². The van der Waals surface area contributed by atoms with Gasteiger partial charge in [-0.2, -0.15) is 0 Å². The van der Waals surface area contributed by atoms with Crippen LogP contribution in [0, 0.1) is 6.92 Å². The van der Waals surface area contributed by atoms with Gasteiger partial charge >= 0.3 is 0 Å². The molecule has 2 nitrogen and oxygen atoms in total. The van der Waals surface area contributed by atoms with E-state index < -0.39 is 0 Å². The Balaban J connectivity index is 1.07. The number of hydrogen-bond donors (Lipinski definition) is 0. The molecule has 12 aromatic rings. The average molecular weight is 777 g/mol. The molecule has 0 fully saturated rings. The van der Waals surface area contributed by atoms with E-state index >= 15 is 0 Å². The molecule has 286 valence electrons. The van der Waals surface area contributed by atoms with Crippen molar-refractivity contribution in [2.24, 2.45) is 0 Å². The summed E-state index contributed by atoms with van der Waals surface area (Å²) in [6, 6.07) is 82.3. The Morgan fingerprint density at radius 3 is 1.54 bits per heavy atom. The molecule has 0 aliphatic rings. The summed E-state index contributed by atoms with van der Waals surface area (Å²) >= 11 is 0. The van der Waals surface area contributed by atoms with Crippen molar-refractivity contribution < 1.29 is 0 Å². The lowest BCUT2D eigenvalue weighted by Crippen LogP contribution is -2.10. The van der Waals surface area contributed by atoms with Crippen molar-refractivity contribution in [2.75, 3.05) is 4.90 Å². The van der Waals surface area contributed by atoms with Gasteiger partial charge in [0.05, 0.1) is 16.7 Å². The zero-order valence-corrected chi connectivity index (χ0v) is 33.8. The molecular formula is C59H40N2. The van der Waals surface area contributed by atoms with Gasteiger partial charge in [0.1, 0.15) is 0 Å². The Morgan fingerprint density at radius 2 is 0.836 bits per heavy atom. The summed E-state index contributed by atoms with van der Waals surface area (Å²) in [5.41, 5.74) is 13.2. The maximum Gasteiger partial charge on any atom is 0.0541 e. The van der Waals surface area contributed by atoms with E-state index in [-0.39, 0.29) is 0 Å². The van der Waals surface area contributed by atoms with E-state index in [0.717, 1.165) is 22.7 Å². The molecule has 0 aliphatic heterocycles. The first-order chi connectivity index (χ1) is 30.2. The lowest BCUT2D eigenvalue weighted by molar-refractivity contribution is 1.17. The summed E-state index contributed by atoms with van der Waals surface area (Å²) in [5.74, 6) is 0. The second-order valence-corrected chi connectivity index (χ2v) is 16.1. The van der Waals surface area contributed by atoms with Crippen molar-refractivity contribution in [2.45, 2.75) is 6.92 Å². The van der Waals surface area contributed by atoms with E-state index in [1.807, 2.05) is 0 Å². The first kappa shape index (κ1) is 35.0. The van der Waals surface area contributed by atoms with Crippen LogP contribution in [0.25, 0.3) is 92.8 Å². The molecule has 2 heteroatoms. The van der Waals surface area contributed by atoms with Crippen molar-refractivity contribution in [1.82, 2.24) is 4.57 Å². The number of rotatable bonds is 6. The number of hydrogen-bond acceptors (Lipinski definition) is 1. The van der Waals surface area contributed by atoms with Crippen molar-refractivity contribution in [3.63, 3.8) is 0 Å². The highest BCUT2D eigenvalue weighted by Gasteiger charge is 2.22. The molecule has 1 heterocycles. The summed E-state index contributed by atoms with van der Waals surface area (Å²) in [7, 11) is 0. The number of aromatic nitrogens is 1. The number of benzene rings is 11. The molecule has 0 amide bonds. The number of aryl methyl sites for hydroxylation is 1. The van der Waals surface area contributed by atoms with Crippen LogP contribution in [0.5, 0.6) is 0 Å². The summed E-state index contributed by atoms with van der Waals surface area (Å²) in [6.07, 6.45) is 0. The van der Waals surface area contributed by atoms with Gasteiger partial charge in [-0.05, 0) is 121 Å². The van der Waals surface area contributed by atoms with Crippen molar-refractivity contribution >= 4 is 82.0 Å². The van der Waals surface area contributed by atoms with E-state index in [2.05, 4.69) is 241 Å². The minimum absolute atomic E-state index is 1.10. The van der Waals surface area contributed by atoms with E-state index in [9.17, 15) is 0 Å². The zero-order valence-electron chi connectivity index (χ0n) is 33.8. The second-order valence-electron chi connectivity index (χ2n) is 16.1. The molecule has 1 aromatic heterocycles. The van der Waals surface area contributed by atoms with Crippen molar-refractivity contribution in [3.8, 4) is 27.9 Å². The molecule has 0 radical (unpaired) electrons. The Morgan fingerprint density at radius 1 is 0.328 bits per heavy atom. The minimum Gasteiger partial charge on any atom is -0.310 e. The molecule has 0 spiro atoms. The van der Waals surface area contributed by atoms with Crippen LogP contribution in [0.3, 0.4) is 0 Å². The van der Waals surface area contributed by atoms with Gasteiger partial charge in [0.2, 0.25) is 0 Å². The van der Waals surface area contributed by atoms with Gasteiger partial charge in [0, 0.05) is 33.2 Å². The summed E-state index contributed by atoms with van der Waals surface area (Å²) in [6.45, 7) is 2.21. The maximum absolute atomic E-state index is 2.41. The Labute approximate surface area is 354 Å². The van der Waals surface area contributed by atoms with Crippen LogP contribution in [0.1, 0.15) is 5.56 Å². The lowest BCUT2D eigenvalue weighted by atomic mass is 9.83. The fourth-order valence-corrected chi connectivity index (χ4v) is 9.97. The van der Waals surface area contributed by atoms with Crippen LogP contribution in [0.15, 0.2) is 224 Å². The summed E-state index contributed by atoms with van der Waals surface area (Å²) in [4.78, 5) is 2.41. The maximum atomic E-state index is 2.41. The fraction of sp³-hybridized carbons (Fsp3) is 0.0169. The van der Waals surface area contributed by atoms with Gasteiger partial charge in [-0.3, -0.25) is 0 Å². The first-order valence-electron chi connectivity index (χ1n) is 21.1. The monoisotopic (exact) mass is 776 g/mol. The number of anilines is 3. The zero-order chi connectivity index (χ0) is 40.4. The standard InChI is InChI=1S/C59H40N2/c1-39-30-35-53-54(38-39)59(49-27-15-17-40-16-5-6-20-44(40)49)51-26-10-9-25-50(51)58(53)52-36-37-57(46-22-8-7-21-45(46)52)60(41-18-3-2-4-19-41)42-31-33-43(34-32-42)61-55-28-13-11-23-47(55)48-24-12-14-29-56(48)61/h2-38H,1H3. The highest BCUT2D eigenvalue weighted by molar-refractivity contribution is 6.26. The SMILES string of the molecule is Cc1ccc2c(-c3ccc(N(c4ccccc4)c4ccc(-n5c6ccccc6c6ccccc65)cc4)c4ccccc34)c3ccccc3c(-c3cccc4ccccc34)c2c1. The van der Waals surface area contributed by atoms with Gasteiger partial charge in [0.15, 0.2) is 0 Å². The van der Waals surface area contributed by atoms with Gasteiger partial charge in [0.25, 0.3) is 0 Å². The average Bonchev–Trinajstić information content (AvgIpc) is 3.66. The predicted molar refractivity (Wildman–Crippen MR) is 261 cm³/mol. The third kappa shape index (κ3) is 5.57. The minimum atomic E-state index is 1.10. The third-order valence-corrected chi connectivity index (χ3v) is 12.6. The van der Waals surface area contributed by atoms with E-state index in [0.29, 0.717) is 0 Å². The molecule has 0 aliphatic carbocycles. The van der Waals surface area contributed by atoms with Crippen molar-refractivity contribution in [1.29, 1.82) is 0 Å². The smallest absolute Gasteiger partial charge is 0.0541 e. The van der Waals surface area contributed by atoms with Crippen LogP contribution in [0.2, 0.25) is 0 Å². The lowest BCUT2D eigenvalue weighted by Gasteiger charge is -2.28. The van der Waals surface area contributed by atoms with Crippen LogP contribution < -0.4 is 4.90 Å². The molecule has 0 saturated carbocycles. The van der Waals surface area contributed by atoms with Gasteiger partial charge in [-0.25, -0.2) is 0 Å². The third-order valence-electron chi connectivity index (χ3n) is 12.6. The Bertz CT molecular complexity index is 3590. The van der Waals surface area contributed by atoms with Crippen LogP contribution in [0.4, 0.5) is 17.1 Å². The molecule has 0 unspecified atom stereocenters. The molecule has 12 rings (SSSR count). The number of nitrogens with zero attached hydrogens (tertiary/aromatic N) is 2. The van der Waals surface area contributed by atoms with E-state index in [4.69, 9.17) is 0 Å². The molecule has 61 heavy (non-hydrogen) atoms. The second kappa shape index (κ2) is 14.1. The molecule has 0 N–H and O–H groups in total. The van der Waals surface area contributed by atoms with E-state index in [1.165, 1.54) is 92.7 Å². The van der Waals surface area contributed by atoms with Gasteiger partial charge in [-0.1, -0.05) is 175 Å². The Hall–Kier alpha value is -7.94. The normalized spacial score (nSPS) is 11.7. The summed E-state index contributed by atoms with van der Waals surface area (Å²) < 4.78 is 2.38. The molecule has 0 atom stereocenters. The Kier molecular flexibility index (Phi) is 8.11. The van der Waals surface area contributed by atoms with E-state index in [1.54, 1.807) is 0 Å². The number of fused-ring (bicyclic) bond motifs is 7. The highest BCUT2D eigenvalue weighted by atomic mass is 15.1. The predicted octanol–water partition coefficient (Wildman–Crippen LogP) is 16.5. The fourth-order valence-electron chi connectivity index (χ4n) is 9.97. The molecule has 11 aromatic carbocycles. The highest BCUT2D eigenvalue weighted by Crippen LogP contribution is 2.49. The first-order valence-corrected chi connectivity index (χ1v) is 21.1. The largest absolute Gasteiger partial charge is 0.310 e. The summed E-state index contributed by atoms with van der Waals surface area (Å²) in [5, 5.41) is 12.5. The number of para-hydroxylation sites is 3. The van der Waals surface area contributed by atoms with Crippen molar-refractivity contribution in [3.05, 3.63) is 230 Å². The molecule has 0 saturated heterocycles. The topological polar surface area (TPSA) is 8.17 Å². The molecule has 0 bridgehead atoms. The van der Waals surface area contributed by atoms with Crippen LogP contribution >= 0.6 is 0 Å². The van der Waals surface area contributed by atoms with Gasteiger partial charge < -0.3 is 9.47 Å².